The summed E-state index contributed by atoms with van der Waals surface area (Å²) in [4.78, 5) is 12.8. The van der Waals surface area contributed by atoms with Crippen LogP contribution < -0.4 is 14.8 Å². The van der Waals surface area contributed by atoms with Crippen molar-refractivity contribution in [1.29, 1.82) is 0 Å². The minimum absolute atomic E-state index is 0.0357. The number of aryl methyl sites for hydroxylation is 1. The molecule has 3 rings (SSSR count). The van der Waals surface area contributed by atoms with Crippen molar-refractivity contribution in [3.63, 3.8) is 0 Å². The van der Waals surface area contributed by atoms with Gasteiger partial charge in [-0.05, 0) is 37.5 Å². The molecule has 0 aromatic heterocycles. The topological polar surface area (TPSA) is 47.6 Å². The molecule has 4 heteroatoms. The predicted molar refractivity (Wildman–Crippen MR) is 90.3 cm³/mol. The summed E-state index contributed by atoms with van der Waals surface area (Å²) in [6, 6.07) is 13.6. The Balaban J connectivity index is 1.80. The SMILES string of the molecule is COc1ccc(NC(=O)C2(c3ccc(C)cc3)CC2)cc1OC. The predicted octanol–water partition coefficient (Wildman–Crippen LogP) is 3.68. The zero-order valence-electron chi connectivity index (χ0n) is 13.7. The molecule has 120 valence electrons. The van der Waals surface area contributed by atoms with Crippen LogP contribution >= 0.6 is 0 Å². The number of benzene rings is 2. The number of rotatable bonds is 5. The lowest BCUT2D eigenvalue weighted by Gasteiger charge is -2.17. The molecule has 0 saturated heterocycles. The summed E-state index contributed by atoms with van der Waals surface area (Å²) in [5.41, 5.74) is 2.61. The third kappa shape index (κ3) is 2.89. The quantitative estimate of drug-likeness (QED) is 0.916. The first kappa shape index (κ1) is 15.4. The molecule has 2 aromatic rings. The van der Waals surface area contributed by atoms with Crippen molar-refractivity contribution in [2.45, 2.75) is 25.2 Å². The van der Waals surface area contributed by atoms with Gasteiger partial charge in [-0.2, -0.15) is 0 Å². The molecule has 1 amide bonds. The Bertz CT molecular complexity index is 718. The number of carbonyl (C=O) groups is 1. The van der Waals surface area contributed by atoms with Crippen LogP contribution in [0, 0.1) is 6.92 Å². The highest BCUT2D eigenvalue weighted by molar-refractivity contribution is 6.01. The number of nitrogens with one attached hydrogen (secondary N) is 1. The Morgan fingerprint density at radius 1 is 1.00 bits per heavy atom. The van der Waals surface area contributed by atoms with E-state index in [2.05, 4.69) is 29.6 Å². The first-order valence-corrected chi connectivity index (χ1v) is 7.70. The second kappa shape index (κ2) is 5.95. The van der Waals surface area contributed by atoms with Gasteiger partial charge in [-0.1, -0.05) is 29.8 Å². The summed E-state index contributed by atoms with van der Waals surface area (Å²) in [5, 5.41) is 3.01. The number of hydrogen-bond acceptors (Lipinski definition) is 3. The highest BCUT2D eigenvalue weighted by Crippen LogP contribution is 2.49. The Hall–Kier alpha value is -2.49. The standard InChI is InChI=1S/C19H21NO3/c1-13-4-6-14(7-5-13)19(10-11-19)18(21)20-15-8-9-16(22-2)17(12-15)23-3/h4-9,12H,10-11H2,1-3H3,(H,20,21). The molecule has 0 unspecified atom stereocenters. The molecule has 4 nitrogen and oxygen atoms in total. The lowest BCUT2D eigenvalue weighted by atomic mass is 9.94. The van der Waals surface area contributed by atoms with E-state index in [1.54, 1.807) is 26.4 Å². The van der Waals surface area contributed by atoms with Crippen molar-refractivity contribution in [2.75, 3.05) is 19.5 Å². The molecular formula is C19H21NO3. The highest BCUT2D eigenvalue weighted by atomic mass is 16.5. The minimum Gasteiger partial charge on any atom is -0.493 e. The molecular weight excluding hydrogens is 290 g/mol. The first-order valence-electron chi connectivity index (χ1n) is 7.70. The maximum atomic E-state index is 12.8. The fourth-order valence-electron chi connectivity index (χ4n) is 2.81. The van der Waals surface area contributed by atoms with Gasteiger partial charge in [0.2, 0.25) is 5.91 Å². The van der Waals surface area contributed by atoms with Gasteiger partial charge in [0.05, 0.1) is 19.6 Å². The van der Waals surface area contributed by atoms with E-state index in [0.717, 1.165) is 18.4 Å². The molecule has 0 bridgehead atoms. The van der Waals surface area contributed by atoms with Crippen LogP contribution in [0.15, 0.2) is 42.5 Å². The van der Waals surface area contributed by atoms with Crippen LogP contribution in [-0.2, 0) is 10.2 Å². The first-order chi connectivity index (χ1) is 11.1. The Morgan fingerprint density at radius 2 is 1.65 bits per heavy atom. The van der Waals surface area contributed by atoms with Crippen molar-refractivity contribution in [3.8, 4) is 11.5 Å². The molecule has 23 heavy (non-hydrogen) atoms. The van der Waals surface area contributed by atoms with Crippen molar-refractivity contribution in [3.05, 3.63) is 53.6 Å². The van der Waals surface area contributed by atoms with E-state index in [-0.39, 0.29) is 11.3 Å². The normalized spacial score (nSPS) is 14.9. The van der Waals surface area contributed by atoms with Crippen LogP contribution in [-0.4, -0.2) is 20.1 Å². The summed E-state index contributed by atoms with van der Waals surface area (Å²) in [5.74, 6) is 1.28. The van der Waals surface area contributed by atoms with Gasteiger partial charge in [-0.3, -0.25) is 4.79 Å². The van der Waals surface area contributed by atoms with Crippen LogP contribution in [0.3, 0.4) is 0 Å². The smallest absolute Gasteiger partial charge is 0.235 e. The minimum atomic E-state index is -0.388. The molecule has 0 radical (unpaired) electrons. The van der Waals surface area contributed by atoms with Crippen LogP contribution in [0.2, 0.25) is 0 Å². The third-order valence-corrected chi connectivity index (χ3v) is 4.43. The van der Waals surface area contributed by atoms with Crippen LogP contribution in [0.25, 0.3) is 0 Å². The van der Waals surface area contributed by atoms with Gasteiger partial charge in [0.1, 0.15) is 0 Å². The number of amides is 1. The second-order valence-electron chi connectivity index (χ2n) is 5.97. The van der Waals surface area contributed by atoms with Crippen LogP contribution in [0.1, 0.15) is 24.0 Å². The lowest BCUT2D eigenvalue weighted by Crippen LogP contribution is -2.27. The van der Waals surface area contributed by atoms with Crippen molar-refractivity contribution in [1.82, 2.24) is 0 Å². The molecule has 0 aliphatic heterocycles. The molecule has 0 heterocycles. The fraction of sp³-hybridized carbons (Fsp3) is 0.316. The summed E-state index contributed by atoms with van der Waals surface area (Å²) in [7, 11) is 3.17. The molecule has 2 aromatic carbocycles. The second-order valence-corrected chi connectivity index (χ2v) is 5.97. The number of ether oxygens (including phenoxy) is 2. The zero-order chi connectivity index (χ0) is 16.4. The molecule has 1 aliphatic carbocycles. The lowest BCUT2D eigenvalue weighted by molar-refractivity contribution is -0.118. The van der Waals surface area contributed by atoms with Gasteiger partial charge >= 0.3 is 0 Å². The maximum Gasteiger partial charge on any atom is 0.235 e. The summed E-state index contributed by atoms with van der Waals surface area (Å²) < 4.78 is 10.5. The van der Waals surface area contributed by atoms with E-state index in [9.17, 15) is 4.79 Å². The van der Waals surface area contributed by atoms with Gasteiger partial charge in [0, 0.05) is 11.8 Å². The van der Waals surface area contributed by atoms with Crippen molar-refractivity contribution >= 4 is 11.6 Å². The summed E-state index contributed by atoms with van der Waals surface area (Å²) in [6.07, 6.45) is 1.77. The molecule has 1 saturated carbocycles. The third-order valence-electron chi connectivity index (χ3n) is 4.43. The van der Waals surface area contributed by atoms with Crippen LogP contribution in [0.4, 0.5) is 5.69 Å². The average Bonchev–Trinajstić information content (AvgIpc) is 3.37. The van der Waals surface area contributed by atoms with Gasteiger partial charge in [-0.25, -0.2) is 0 Å². The maximum absolute atomic E-state index is 12.8. The largest absolute Gasteiger partial charge is 0.493 e. The van der Waals surface area contributed by atoms with Crippen molar-refractivity contribution in [2.24, 2.45) is 0 Å². The molecule has 1 fully saturated rings. The van der Waals surface area contributed by atoms with Gasteiger partial charge in [-0.15, -0.1) is 0 Å². The fourth-order valence-corrected chi connectivity index (χ4v) is 2.81. The van der Waals surface area contributed by atoms with Crippen molar-refractivity contribution < 1.29 is 14.3 Å². The molecule has 0 atom stereocenters. The van der Waals surface area contributed by atoms with E-state index in [4.69, 9.17) is 9.47 Å². The molecule has 1 N–H and O–H groups in total. The Morgan fingerprint density at radius 3 is 2.22 bits per heavy atom. The van der Waals surface area contributed by atoms with E-state index < -0.39 is 0 Å². The highest BCUT2D eigenvalue weighted by Gasteiger charge is 2.51. The number of anilines is 1. The average molecular weight is 311 g/mol. The number of carbonyl (C=O) groups excluding carboxylic acids is 1. The van der Waals surface area contributed by atoms with E-state index in [1.165, 1.54) is 5.56 Å². The van der Waals surface area contributed by atoms with Crippen LogP contribution in [0.5, 0.6) is 11.5 Å². The summed E-state index contributed by atoms with van der Waals surface area (Å²) in [6.45, 7) is 2.05. The van der Waals surface area contributed by atoms with Gasteiger partial charge < -0.3 is 14.8 Å². The van der Waals surface area contributed by atoms with Gasteiger partial charge in [0.25, 0.3) is 0 Å². The zero-order valence-corrected chi connectivity index (χ0v) is 13.7. The van der Waals surface area contributed by atoms with E-state index >= 15 is 0 Å². The summed E-state index contributed by atoms with van der Waals surface area (Å²) >= 11 is 0. The molecule has 1 aliphatic rings. The van der Waals surface area contributed by atoms with E-state index in [1.807, 2.05) is 13.0 Å². The number of hydrogen-bond donors (Lipinski definition) is 1. The molecule has 0 spiro atoms. The number of methoxy groups -OCH3 is 2. The Labute approximate surface area is 136 Å². The monoisotopic (exact) mass is 311 g/mol. The Kier molecular flexibility index (Phi) is 3.99. The van der Waals surface area contributed by atoms with E-state index in [0.29, 0.717) is 17.2 Å². The van der Waals surface area contributed by atoms with Gasteiger partial charge in [0.15, 0.2) is 11.5 Å².